The van der Waals surface area contributed by atoms with Gasteiger partial charge < -0.3 is 4.98 Å². The second kappa shape index (κ2) is 8.86. The molecule has 0 atom stereocenters. The van der Waals surface area contributed by atoms with E-state index in [1.807, 2.05) is 26.0 Å². The highest BCUT2D eigenvalue weighted by Crippen LogP contribution is 2.23. The van der Waals surface area contributed by atoms with E-state index in [0.29, 0.717) is 16.1 Å². The van der Waals surface area contributed by atoms with Crippen molar-refractivity contribution in [2.24, 2.45) is 0 Å². The molecule has 0 spiro atoms. The van der Waals surface area contributed by atoms with Gasteiger partial charge in [-0.25, -0.2) is 8.42 Å². The van der Waals surface area contributed by atoms with Crippen LogP contribution < -0.4 is 5.56 Å². The third kappa shape index (κ3) is 4.60. The van der Waals surface area contributed by atoms with Crippen LogP contribution in [0.2, 0.25) is 5.02 Å². The van der Waals surface area contributed by atoms with E-state index < -0.39 is 10.0 Å². The third-order valence-electron chi connectivity index (χ3n) is 5.42. The van der Waals surface area contributed by atoms with Gasteiger partial charge in [0.15, 0.2) is 0 Å². The number of hydrogen-bond donors (Lipinski definition) is 1. The van der Waals surface area contributed by atoms with Gasteiger partial charge in [-0.05, 0) is 84.5 Å². The minimum absolute atomic E-state index is 0.0726. The monoisotopic (exact) mass is 467 g/mol. The Labute approximate surface area is 191 Å². The molecule has 6 nitrogen and oxygen atoms in total. The third-order valence-corrected chi connectivity index (χ3v) is 7.47. The van der Waals surface area contributed by atoms with E-state index >= 15 is 0 Å². The van der Waals surface area contributed by atoms with Crippen molar-refractivity contribution in [2.45, 2.75) is 31.8 Å². The molecule has 0 amide bonds. The first-order valence-corrected chi connectivity index (χ1v) is 11.8. The highest BCUT2D eigenvalue weighted by Gasteiger charge is 2.26. The number of hydrogen-bond acceptors (Lipinski definition) is 4. The number of aryl methyl sites for hydroxylation is 2. The number of rotatable bonds is 6. The molecule has 0 radical (unpaired) electrons. The molecule has 32 heavy (non-hydrogen) atoms. The standard InChI is InChI=1S/C24H22ClN3O3S/c1-16-10-19-12-20(24(29)27-23(19)11-17(16)2)15-28(14-18-4-3-9-26-13-18)32(30,31)22-7-5-21(25)6-8-22/h3-13H,14-15H2,1-2H3,(H,27,29). The van der Waals surface area contributed by atoms with Crippen LogP contribution in [0.5, 0.6) is 0 Å². The number of benzene rings is 2. The van der Waals surface area contributed by atoms with Crippen molar-refractivity contribution in [3.63, 3.8) is 0 Å². The van der Waals surface area contributed by atoms with Crippen LogP contribution in [0, 0.1) is 13.8 Å². The Balaban J connectivity index is 1.78. The van der Waals surface area contributed by atoms with Gasteiger partial charge in [0.2, 0.25) is 10.0 Å². The van der Waals surface area contributed by atoms with Crippen LogP contribution >= 0.6 is 11.6 Å². The van der Waals surface area contributed by atoms with Crippen molar-refractivity contribution in [2.75, 3.05) is 0 Å². The number of nitrogens with one attached hydrogen (secondary N) is 1. The van der Waals surface area contributed by atoms with Gasteiger partial charge in [0.25, 0.3) is 5.56 Å². The molecule has 0 saturated carbocycles. The van der Waals surface area contributed by atoms with Crippen LogP contribution in [-0.2, 0) is 23.1 Å². The Hall–Kier alpha value is -3.00. The second-order valence-corrected chi connectivity index (χ2v) is 10.1. The van der Waals surface area contributed by atoms with E-state index in [2.05, 4.69) is 9.97 Å². The lowest BCUT2D eigenvalue weighted by atomic mass is 10.0. The van der Waals surface area contributed by atoms with Gasteiger partial charge in [0, 0.05) is 41.6 Å². The first-order chi connectivity index (χ1) is 15.2. The van der Waals surface area contributed by atoms with Crippen LogP contribution in [0.25, 0.3) is 10.9 Å². The van der Waals surface area contributed by atoms with Gasteiger partial charge in [-0.1, -0.05) is 17.7 Å². The number of halogens is 1. The predicted octanol–water partition coefficient (Wildman–Crippen LogP) is 4.58. The summed E-state index contributed by atoms with van der Waals surface area (Å²) in [6, 6.07) is 15.2. The number of H-pyrrole nitrogens is 1. The molecule has 4 aromatic rings. The maximum absolute atomic E-state index is 13.5. The van der Waals surface area contributed by atoms with Gasteiger partial charge in [-0.3, -0.25) is 9.78 Å². The summed E-state index contributed by atoms with van der Waals surface area (Å²) in [5, 5.41) is 1.30. The zero-order chi connectivity index (χ0) is 22.9. The highest BCUT2D eigenvalue weighted by molar-refractivity contribution is 7.89. The molecule has 2 aromatic heterocycles. The molecule has 4 rings (SSSR count). The fraction of sp³-hybridized carbons (Fsp3) is 0.167. The summed E-state index contributed by atoms with van der Waals surface area (Å²) in [5.74, 6) is 0. The van der Waals surface area contributed by atoms with Crippen molar-refractivity contribution in [1.29, 1.82) is 0 Å². The first kappa shape index (κ1) is 22.2. The van der Waals surface area contributed by atoms with Crippen LogP contribution in [0.4, 0.5) is 0 Å². The van der Waals surface area contributed by atoms with E-state index in [4.69, 9.17) is 11.6 Å². The van der Waals surface area contributed by atoms with Gasteiger partial charge in [-0.2, -0.15) is 4.31 Å². The van der Waals surface area contributed by atoms with E-state index in [0.717, 1.165) is 22.0 Å². The summed E-state index contributed by atoms with van der Waals surface area (Å²) >= 11 is 5.94. The smallest absolute Gasteiger partial charge is 0.252 e. The molecule has 8 heteroatoms. The van der Waals surface area contributed by atoms with E-state index in [-0.39, 0.29) is 23.5 Å². The van der Waals surface area contributed by atoms with Gasteiger partial charge in [0.1, 0.15) is 0 Å². The maximum atomic E-state index is 13.5. The summed E-state index contributed by atoms with van der Waals surface area (Å²) in [6.45, 7) is 3.97. The number of sulfonamides is 1. The molecule has 2 aromatic carbocycles. The topological polar surface area (TPSA) is 83.1 Å². The number of fused-ring (bicyclic) bond motifs is 1. The minimum Gasteiger partial charge on any atom is -0.322 e. The zero-order valence-electron chi connectivity index (χ0n) is 17.7. The van der Waals surface area contributed by atoms with Crippen LogP contribution in [0.15, 0.2) is 76.7 Å². The lowest BCUT2D eigenvalue weighted by molar-refractivity contribution is 0.399. The minimum atomic E-state index is -3.91. The fourth-order valence-corrected chi connectivity index (χ4v) is 5.04. The van der Waals surface area contributed by atoms with Crippen LogP contribution in [0.3, 0.4) is 0 Å². The number of nitrogens with zero attached hydrogens (tertiary/aromatic N) is 2. The normalized spacial score (nSPS) is 11.9. The Kier molecular flexibility index (Phi) is 6.15. The van der Waals surface area contributed by atoms with Crippen LogP contribution in [0.1, 0.15) is 22.3 Å². The molecule has 0 fully saturated rings. The summed E-state index contributed by atoms with van der Waals surface area (Å²) in [4.78, 5) is 19.9. The number of aromatic amines is 1. The lowest BCUT2D eigenvalue weighted by Crippen LogP contribution is -2.32. The summed E-state index contributed by atoms with van der Waals surface area (Å²) in [6.07, 6.45) is 3.24. The van der Waals surface area contributed by atoms with Crippen molar-refractivity contribution < 1.29 is 8.42 Å². The Bertz CT molecular complexity index is 1430. The van der Waals surface area contributed by atoms with Gasteiger partial charge >= 0.3 is 0 Å². The van der Waals surface area contributed by atoms with Crippen LogP contribution in [-0.4, -0.2) is 22.7 Å². The average Bonchev–Trinajstić information content (AvgIpc) is 2.76. The Morgan fingerprint density at radius 2 is 1.72 bits per heavy atom. The van der Waals surface area contributed by atoms with Gasteiger partial charge in [0.05, 0.1) is 4.90 Å². The molecule has 0 unspecified atom stereocenters. The van der Waals surface area contributed by atoms with E-state index in [9.17, 15) is 13.2 Å². The molecular weight excluding hydrogens is 446 g/mol. The lowest BCUT2D eigenvalue weighted by Gasteiger charge is -2.22. The Morgan fingerprint density at radius 1 is 1.00 bits per heavy atom. The SMILES string of the molecule is Cc1cc2cc(CN(Cc3cccnc3)S(=O)(=O)c3ccc(Cl)cc3)c(=O)[nH]c2cc1C. The van der Waals surface area contributed by atoms with E-state index in [1.165, 1.54) is 28.6 Å². The summed E-state index contributed by atoms with van der Waals surface area (Å²) < 4.78 is 28.2. The first-order valence-electron chi connectivity index (χ1n) is 10.0. The quantitative estimate of drug-likeness (QED) is 0.449. The van der Waals surface area contributed by atoms with Crippen molar-refractivity contribution >= 4 is 32.5 Å². The molecular formula is C24H22ClN3O3S. The molecule has 164 valence electrons. The van der Waals surface area contributed by atoms with Crippen molar-refractivity contribution in [3.8, 4) is 0 Å². The molecule has 1 N–H and O–H groups in total. The maximum Gasteiger partial charge on any atom is 0.252 e. The zero-order valence-corrected chi connectivity index (χ0v) is 19.2. The average molecular weight is 468 g/mol. The molecule has 0 aliphatic rings. The summed E-state index contributed by atoms with van der Waals surface area (Å²) in [5.41, 5.74) is 3.65. The predicted molar refractivity (Wildman–Crippen MR) is 126 cm³/mol. The molecule has 0 bridgehead atoms. The van der Waals surface area contributed by atoms with Gasteiger partial charge in [-0.15, -0.1) is 0 Å². The number of aromatic nitrogens is 2. The Morgan fingerprint density at radius 3 is 2.41 bits per heavy atom. The van der Waals surface area contributed by atoms with Crippen molar-refractivity contribution in [3.05, 3.63) is 105 Å². The summed E-state index contributed by atoms with van der Waals surface area (Å²) in [7, 11) is -3.91. The molecule has 0 aliphatic carbocycles. The molecule has 0 saturated heterocycles. The highest BCUT2D eigenvalue weighted by atomic mass is 35.5. The molecule has 0 aliphatic heterocycles. The largest absolute Gasteiger partial charge is 0.322 e. The van der Waals surface area contributed by atoms with E-state index in [1.54, 1.807) is 30.6 Å². The van der Waals surface area contributed by atoms with Crippen molar-refractivity contribution in [1.82, 2.24) is 14.3 Å². The fourth-order valence-electron chi connectivity index (χ4n) is 3.51. The number of pyridine rings is 2. The second-order valence-electron chi connectivity index (χ2n) is 7.74. The molecule has 2 heterocycles.